The van der Waals surface area contributed by atoms with E-state index < -0.39 is 17.1 Å². The Morgan fingerprint density at radius 2 is 1.88 bits per heavy atom. The van der Waals surface area contributed by atoms with Gasteiger partial charge in [0, 0.05) is 46.1 Å². The summed E-state index contributed by atoms with van der Waals surface area (Å²) in [6.07, 6.45) is 10.9. The van der Waals surface area contributed by atoms with Gasteiger partial charge in [0.15, 0.2) is 0 Å². The molecular weight excluding hydrogens is 520 g/mol. The van der Waals surface area contributed by atoms with Gasteiger partial charge in [-0.15, -0.1) is 0 Å². The van der Waals surface area contributed by atoms with Crippen molar-refractivity contribution < 1.29 is 24.9 Å². The summed E-state index contributed by atoms with van der Waals surface area (Å²) in [5, 5.41) is 45.5. The van der Waals surface area contributed by atoms with Gasteiger partial charge in [0.25, 0.3) is 0 Å². The Kier molecular flexibility index (Phi) is 6.66. The fourth-order valence-electron chi connectivity index (χ4n) is 6.04. The van der Waals surface area contributed by atoms with Gasteiger partial charge in [-0.25, -0.2) is 4.68 Å². The topological polar surface area (TPSA) is 129 Å². The molecule has 0 saturated heterocycles. The van der Waals surface area contributed by atoms with Crippen molar-refractivity contribution in [1.29, 1.82) is 0 Å². The van der Waals surface area contributed by atoms with E-state index in [-0.39, 0.29) is 17.7 Å². The van der Waals surface area contributed by atoms with E-state index in [1.165, 1.54) is 0 Å². The number of carbonyl (C=O) groups is 1. The number of hydrogen-bond acceptors (Lipinski definition) is 6. The van der Waals surface area contributed by atoms with Gasteiger partial charge in [0.05, 0.1) is 40.3 Å². The Morgan fingerprint density at radius 3 is 2.51 bits per heavy atom. The van der Waals surface area contributed by atoms with Crippen LogP contribution in [0, 0.1) is 5.92 Å². The monoisotopic (exact) mass is 559 g/mol. The molecule has 41 heavy (non-hydrogen) atoms. The van der Waals surface area contributed by atoms with Crippen molar-refractivity contribution in [3.63, 3.8) is 0 Å². The molecule has 2 aliphatic rings. The molecule has 0 spiro atoms. The fraction of sp³-hybridized carbons (Fsp3) is 0.484. The zero-order valence-electron chi connectivity index (χ0n) is 24.1. The van der Waals surface area contributed by atoms with Gasteiger partial charge in [-0.3, -0.25) is 14.7 Å². The minimum atomic E-state index is -1.09. The summed E-state index contributed by atoms with van der Waals surface area (Å²) < 4.78 is 4.55. The van der Waals surface area contributed by atoms with Crippen LogP contribution in [0.4, 0.5) is 5.69 Å². The average Bonchev–Trinajstić information content (AvgIpc) is 3.52. The van der Waals surface area contributed by atoms with Crippen LogP contribution in [-0.2, 0) is 5.60 Å². The third-order valence-electron chi connectivity index (χ3n) is 8.77. The Morgan fingerprint density at radius 1 is 1.15 bits per heavy atom. The number of pyridine rings is 1. The van der Waals surface area contributed by atoms with Crippen LogP contribution in [0.5, 0.6) is 0 Å². The summed E-state index contributed by atoms with van der Waals surface area (Å²) in [7, 11) is 0. The molecule has 3 aromatic heterocycles. The van der Waals surface area contributed by atoms with Crippen molar-refractivity contribution >= 4 is 22.5 Å². The molecule has 10 heteroatoms. The number of carbonyl (C=O) groups excluding carboxylic acids is 1. The number of hydrogen-bond donors (Lipinski definition) is 4. The van der Waals surface area contributed by atoms with E-state index in [0.29, 0.717) is 28.6 Å². The Hall–Kier alpha value is -3.76. The molecule has 0 aliphatic heterocycles. The third-order valence-corrected chi connectivity index (χ3v) is 8.77. The molecular formula is C31H39N6O4+. The number of anilines is 1. The number of nitrogens with one attached hydrogen (secondary N) is 1. The number of nitrogens with zero attached hydrogens (tertiary/aromatic N) is 5. The minimum absolute atomic E-state index is 0.0230. The highest BCUT2D eigenvalue weighted by Gasteiger charge is 2.46. The third kappa shape index (κ3) is 5.22. The Labute approximate surface area is 239 Å². The van der Waals surface area contributed by atoms with Crippen LogP contribution in [0.15, 0.2) is 48.9 Å². The molecule has 2 fully saturated rings. The number of benzene rings is 1. The van der Waals surface area contributed by atoms with Crippen LogP contribution in [0.1, 0.15) is 99.9 Å². The number of amides is 1. The maximum absolute atomic E-state index is 13.5. The maximum atomic E-state index is 13.5. The largest absolute Gasteiger partial charge is 0.390 e. The predicted octanol–water partition coefficient (Wildman–Crippen LogP) is 4.61. The molecule has 2 saturated carbocycles. The lowest BCUT2D eigenvalue weighted by Crippen LogP contribution is -2.43. The van der Waals surface area contributed by atoms with Crippen LogP contribution in [0.2, 0.25) is 0 Å². The van der Waals surface area contributed by atoms with Crippen LogP contribution in [0.3, 0.4) is 0 Å². The summed E-state index contributed by atoms with van der Waals surface area (Å²) in [5.41, 5.74) is 1.58. The highest BCUT2D eigenvalue weighted by Crippen LogP contribution is 2.49. The van der Waals surface area contributed by atoms with Gasteiger partial charge < -0.3 is 15.5 Å². The molecule has 2 aliphatic carbocycles. The first-order chi connectivity index (χ1) is 19.4. The normalized spacial score (nSPS) is 21.5. The molecule has 0 unspecified atom stereocenters. The van der Waals surface area contributed by atoms with E-state index in [4.69, 9.17) is 5.10 Å². The van der Waals surface area contributed by atoms with Crippen molar-refractivity contribution in [2.45, 2.75) is 89.4 Å². The van der Waals surface area contributed by atoms with E-state index in [1.54, 1.807) is 49.1 Å². The van der Waals surface area contributed by atoms with Gasteiger partial charge in [0.1, 0.15) is 0 Å². The van der Waals surface area contributed by atoms with Gasteiger partial charge in [-0.05, 0) is 76.5 Å². The van der Waals surface area contributed by atoms with Crippen molar-refractivity contribution in [3.05, 3.63) is 65.9 Å². The highest BCUT2D eigenvalue weighted by atomic mass is 16.5. The van der Waals surface area contributed by atoms with Crippen molar-refractivity contribution in [2.75, 3.05) is 5.32 Å². The lowest BCUT2D eigenvalue weighted by atomic mass is 9.79. The first-order valence-electron chi connectivity index (χ1n) is 14.5. The predicted molar refractivity (Wildman–Crippen MR) is 153 cm³/mol. The smallest absolute Gasteiger partial charge is 0.325 e. The first-order valence-corrected chi connectivity index (χ1v) is 14.5. The average molecular weight is 560 g/mol. The lowest BCUT2D eigenvalue weighted by Gasteiger charge is -2.36. The molecule has 6 rings (SSSR count). The second-order valence-electron chi connectivity index (χ2n) is 12.6. The summed E-state index contributed by atoms with van der Waals surface area (Å²) in [6, 6.07) is 9.05. The molecule has 4 N–H and O–H groups in total. The van der Waals surface area contributed by atoms with Crippen LogP contribution >= 0.6 is 0 Å². The second-order valence-corrected chi connectivity index (χ2v) is 12.6. The van der Waals surface area contributed by atoms with Crippen molar-refractivity contribution in [3.8, 4) is 5.69 Å². The zero-order chi connectivity index (χ0) is 29.1. The quantitative estimate of drug-likeness (QED) is 0.193. The second kappa shape index (κ2) is 9.95. The maximum Gasteiger partial charge on any atom is 0.325 e. The van der Waals surface area contributed by atoms with Crippen molar-refractivity contribution in [2.24, 2.45) is 5.92 Å². The molecule has 1 amide bonds. The lowest BCUT2D eigenvalue weighted by molar-refractivity contribution is -0.911. The van der Waals surface area contributed by atoms with Gasteiger partial charge in [-0.1, -0.05) is 13.8 Å². The Balaban J connectivity index is 1.36. The van der Waals surface area contributed by atoms with Gasteiger partial charge in [0.2, 0.25) is 5.69 Å². The number of rotatable bonds is 7. The van der Waals surface area contributed by atoms with Gasteiger partial charge in [-0.2, -0.15) is 10.2 Å². The summed E-state index contributed by atoms with van der Waals surface area (Å²) in [4.78, 5) is 13.5. The molecule has 216 valence electrons. The van der Waals surface area contributed by atoms with Crippen LogP contribution in [0.25, 0.3) is 16.6 Å². The standard InChI is InChI=1S/C31H38N6O4/c1-19(2)26-6-5-7-27(37(26)41)29(38)33-25-14-20-17-35(23-10-12-31(40,13-11-23)21-8-9-21)34-24(20)15-28(25)36-18-22(16-32-36)30(3,4)39/h5-7,14-19,21,23,39-40H,8-13H2,1-4H3,(H-,33,38,41)/p+1/t23-,31-. The molecule has 0 bridgehead atoms. The van der Waals surface area contributed by atoms with Crippen LogP contribution < -0.4 is 10.0 Å². The Bertz CT molecular complexity index is 1600. The molecule has 0 atom stereocenters. The van der Waals surface area contributed by atoms with Crippen molar-refractivity contribution in [1.82, 2.24) is 19.6 Å². The summed E-state index contributed by atoms with van der Waals surface area (Å²) in [5.74, 6) is 0.00921. The van der Waals surface area contributed by atoms with E-state index >= 15 is 0 Å². The van der Waals surface area contributed by atoms with E-state index in [2.05, 4.69) is 10.4 Å². The highest BCUT2D eigenvalue weighted by molar-refractivity contribution is 6.04. The molecule has 0 radical (unpaired) electrons. The van der Waals surface area contributed by atoms with Gasteiger partial charge >= 0.3 is 11.6 Å². The number of aliphatic hydroxyl groups is 2. The SMILES string of the molecule is CC(C)c1cccc(C(=O)Nc2cc3cn([C@H]4CC[C@@](O)(C5CC5)CC4)nc3cc2-n2cc(C(C)(C)O)cn2)[n+]1O. The van der Waals surface area contributed by atoms with E-state index in [9.17, 15) is 20.2 Å². The zero-order valence-corrected chi connectivity index (χ0v) is 24.1. The minimum Gasteiger partial charge on any atom is -0.390 e. The molecule has 4 aromatic rings. The van der Waals surface area contributed by atoms with Crippen LogP contribution in [-0.4, -0.2) is 46.5 Å². The molecule has 10 nitrogen and oxygen atoms in total. The van der Waals surface area contributed by atoms with E-state index in [1.807, 2.05) is 36.9 Å². The fourth-order valence-corrected chi connectivity index (χ4v) is 6.04. The number of aromatic nitrogens is 5. The summed E-state index contributed by atoms with van der Waals surface area (Å²) >= 11 is 0. The molecule has 1 aromatic carbocycles. The number of fused-ring (bicyclic) bond motifs is 1. The van der Waals surface area contributed by atoms with E-state index in [0.717, 1.165) is 54.2 Å². The first kappa shape index (κ1) is 27.4. The summed E-state index contributed by atoms with van der Waals surface area (Å²) in [6.45, 7) is 7.28. The molecule has 3 heterocycles.